The predicted octanol–water partition coefficient (Wildman–Crippen LogP) is 9.93. The fraction of sp³-hybridized carbons (Fsp3) is 0.456. The van der Waals surface area contributed by atoms with Crippen molar-refractivity contribution in [2.75, 3.05) is 75.0 Å². The molecule has 0 saturated heterocycles. The maximum Gasteiger partial charge on any atom is 0.261 e. The third-order valence-corrected chi connectivity index (χ3v) is 15.4. The highest BCUT2D eigenvalue weighted by atomic mass is 32.2. The molecule has 0 N–H and O–H groups in total. The van der Waals surface area contributed by atoms with Gasteiger partial charge in [0, 0.05) is 81.8 Å². The normalized spacial score (nSPS) is 17.8. The SMILES string of the molecule is C=Nc1cc(OCCCCc2cc3c(cc2OC)C(=O)N2c4ccccc4CC2C=N3)c(OC)cc1C(=O)N1CCc2cc(N(C)CCCSC(C=O)CC(=O)N(C)CC3CCC(C=O)CC3)ccc21.CC. The molecule has 14 nitrogen and oxygen atoms in total. The number of fused-ring (bicyclic) bond motifs is 5. The number of rotatable bonds is 22. The van der Waals surface area contributed by atoms with E-state index in [1.807, 2.05) is 81.5 Å². The van der Waals surface area contributed by atoms with Gasteiger partial charge in [-0.25, -0.2) is 0 Å². The average Bonchev–Trinajstić information content (AvgIpc) is 3.99. The smallest absolute Gasteiger partial charge is 0.261 e. The van der Waals surface area contributed by atoms with Gasteiger partial charge in [-0.2, -0.15) is 11.8 Å². The molecule has 0 bridgehead atoms. The number of aliphatic imine (C=N–C) groups is 2. The Balaban J connectivity index is 0.00000376. The highest BCUT2D eigenvalue weighted by Gasteiger charge is 2.36. The Labute approximate surface area is 429 Å². The van der Waals surface area contributed by atoms with Gasteiger partial charge >= 0.3 is 0 Å². The van der Waals surface area contributed by atoms with Gasteiger partial charge < -0.3 is 38.5 Å². The molecule has 1 aliphatic carbocycles. The molecule has 0 aromatic heterocycles. The van der Waals surface area contributed by atoms with Gasteiger partial charge in [0.05, 0.1) is 54.6 Å². The number of para-hydroxylation sites is 1. The van der Waals surface area contributed by atoms with Crippen molar-refractivity contribution in [1.29, 1.82) is 0 Å². The van der Waals surface area contributed by atoms with Crippen LogP contribution in [0, 0.1) is 11.8 Å². The van der Waals surface area contributed by atoms with E-state index < -0.39 is 5.25 Å². The first-order valence-electron chi connectivity index (χ1n) is 25.4. The van der Waals surface area contributed by atoms with Crippen LogP contribution in [0.4, 0.5) is 28.4 Å². The summed E-state index contributed by atoms with van der Waals surface area (Å²) in [5.41, 5.74) is 7.92. The lowest BCUT2D eigenvalue weighted by molar-refractivity contribution is -0.131. The molecule has 8 rings (SSSR count). The van der Waals surface area contributed by atoms with Gasteiger partial charge in [0.1, 0.15) is 18.3 Å². The minimum Gasteiger partial charge on any atom is -0.496 e. The number of nitrogens with zero attached hydrogens (tertiary/aromatic N) is 6. The number of unbranched alkanes of at least 4 members (excludes halogenated alkanes) is 1. The number of ether oxygens (including phenoxy) is 3. The van der Waals surface area contributed by atoms with Crippen LogP contribution in [0.2, 0.25) is 0 Å². The first-order chi connectivity index (χ1) is 35.0. The quantitative estimate of drug-likeness (QED) is 0.0423. The minimum atomic E-state index is -0.390. The summed E-state index contributed by atoms with van der Waals surface area (Å²) in [6, 6.07) is 21.2. The van der Waals surface area contributed by atoms with Crippen LogP contribution in [0.15, 0.2) is 76.7 Å². The van der Waals surface area contributed by atoms with Crippen LogP contribution in [0.5, 0.6) is 17.2 Å². The molecule has 0 spiro atoms. The lowest BCUT2D eigenvalue weighted by Gasteiger charge is -2.29. The maximum absolute atomic E-state index is 14.2. The molecular weight excluding hydrogens is 929 g/mol. The van der Waals surface area contributed by atoms with Crippen molar-refractivity contribution >= 4 is 83.4 Å². The molecule has 1 fully saturated rings. The van der Waals surface area contributed by atoms with Gasteiger partial charge in [0.15, 0.2) is 11.5 Å². The summed E-state index contributed by atoms with van der Waals surface area (Å²) >= 11 is 1.52. The third kappa shape index (κ3) is 12.2. The minimum absolute atomic E-state index is 0.0181. The topological polar surface area (TPSA) is 151 Å². The van der Waals surface area contributed by atoms with E-state index in [1.165, 1.54) is 11.8 Å². The molecular formula is C57H70N6O8S. The van der Waals surface area contributed by atoms with Crippen molar-refractivity contribution < 1.29 is 38.2 Å². The summed E-state index contributed by atoms with van der Waals surface area (Å²) in [5, 5.41) is -0.390. The van der Waals surface area contributed by atoms with Crippen molar-refractivity contribution in [3.63, 3.8) is 0 Å². The highest BCUT2D eigenvalue weighted by Crippen LogP contribution is 2.41. The van der Waals surface area contributed by atoms with E-state index in [0.717, 1.165) is 104 Å². The van der Waals surface area contributed by atoms with E-state index in [9.17, 15) is 24.0 Å². The number of aldehydes is 2. The van der Waals surface area contributed by atoms with Crippen molar-refractivity contribution in [2.45, 2.75) is 95.8 Å². The molecule has 3 heterocycles. The zero-order valence-corrected chi connectivity index (χ0v) is 43.6. The molecule has 1 saturated carbocycles. The molecule has 4 aromatic carbocycles. The van der Waals surface area contributed by atoms with Crippen LogP contribution in [-0.2, 0) is 33.6 Å². The molecule has 382 valence electrons. The molecule has 3 amide bonds. The van der Waals surface area contributed by atoms with E-state index in [4.69, 9.17) is 19.2 Å². The van der Waals surface area contributed by atoms with Crippen molar-refractivity contribution in [1.82, 2.24) is 4.90 Å². The van der Waals surface area contributed by atoms with Crippen LogP contribution < -0.4 is 28.9 Å². The molecule has 2 unspecified atom stereocenters. The second-order valence-electron chi connectivity index (χ2n) is 18.8. The van der Waals surface area contributed by atoms with E-state index in [1.54, 1.807) is 36.2 Å². The van der Waals surface area contributed by atoms with Gasteiger partial charge in [0.2, 0.25) is 5.91 Å². The Hall–Kier alpha value is -6.48. The van der Waals surface area contributed by atoms with E-state index in [0.29, 0.717) is 84.6 Å². The highest BCUT2D eigenvalue weighted by molar-refractivity contribution is 8.00. The summed E-state index contributed by atoms with van der Waals surface area (Å²) < 4.78 is 17.7. The maximum atomic E-state index is 14.2. The van der Waals surface area contributed by atoms with Crippen molar-refractivity contribution in [2.24, 2.45) is 21.8 Å². The zero-order valence-electron chi connectivity index (χ0n) is 42.8. The number of carbonyl (C=O) groups is 5. The molecule has 3 aliphatic heterocycles. The molecule has 0 radical (unpaired) electrons. The second kappa shape index (κ2) is 25.3. The summed E-state index contributed by atoms with van der Waals surface area (Å²) in [4.78, 5) is 80.6. The Morgan fingerprint density at radius 3 is 2.43 bits per heavy atom. The number of hydrogen-bond acceptors (Lipinski definition) is 12. The molecule has 2 atom stereocenters. The fourth-order valence-corrected chi connectivity index (χ4v) is 11.1. The van der Waals surface area contributed by atoms with Gasteiger partial charge in [-0.3, -0.25) is 29.3 Å². The van der Waals surface area contributed by atoms with E-state index in [-0.39, 0.29) is 36.1 Å². The fourth-order valence-electron chi connectivity index (χ4n) is 10.2. The van der Waals surface area contributed by atoms with Gasteiger partial charge in [-0.05, 0) is 135 Å². The first kappa shape index (κ1) is 53.3. The summed E-state index contributed by atoms with van der Waals surface area (Å²) in [6.07, 6.45) is 12.1. The van der Waals surface area contributed by atoms with Gasteiger partial charge in [-0.1, -0.05) is 32.0 Å². The number of benzene rings is 4. The van der Waals surface area contributed by atoms with Crippen molar-refractivity contribution in [3.05, 3.63) is 94.5 Å². The van der Waals surface area contributed by atoms with Crippen LogP contribution in [0.25, 0.3) is 0 Å². The Kier molecular flexibility index (Phi) is 18.7. The van der Waals surface area contributed by atoms with Crippen LogP contribution in [-0.4, -0.2) is 120 Å². The number of hydrogen-bond donors (Lipinski definition) is 0. The van der Waals surface area contributed by atoms with Crippen LogP contribution >= 0.6 is 11.8 Å². The number of aryl methyl sites for hydroxylation is 1. The average molecular weight is 999 g/mol. The molecule has 4 aliphatic rings. The first-order valence-corrected chi connectivity index (χ1v) is 26.5. The van der Waals surface area contributed by atoms with Gasteiger partial charge in [0.25, 0.3) is 11.8 Å². The van der Waals surface area contributed by atoms with Crippen LogP contribution in [0.3, 0.4) is 0 Å². The number of carbonyl (C=O) groups excluding carboxylic acids is 5. The third-order valence-electron chi connectivity index (χ3n) is 14.2. The molecule has 4 aromatic rings. The molecule has 15 heteroatoms. The lowest BCUT2D eigenvalue weighted by Crippen LogP contribution is -2.37. The monoisotopic (exact) mass is 998 g/mol. The lowest BCUT2D eigenvalue weighted by atomic mass is 9.82. The van der Waals surface area contributed by atoms with E-state index >= 15 is 0 Å². The Morgan fingerprint density at radius 1 is 0.917 bits per heavy atom. The van der Waals surface area contributed by atoms with Gasteiger partial charge in [-0.15, -0.1) is 0 Å². The van der Waals surface area contributed by atoms with E-state index in [2.05, 4.69) is 28.7 Å². The second-order valence-corrected chi connectivity index (χ2v) is 20.1. The predicted molar refractivity (Wildman–Crippen MR) is 290 cm³/mol. The number of thioether (sulfide) groups is 1. The van der Waals surface area contributed by atoms with Crippen LogP contribution in [0.1, 0.15) is 103 Å². The zero-order chi connectivity index (χ0) is 51.3. The largest absolute Gasteiger partial charge is 0.496 e. The standard InChI is InChI=1S/C55H64N6O8S.C2H6/c1-56-46-31-52(69-23-9-8-12-40-27-47-45(29-50(40)67-4)55(66)61-42(32-57-47)26-38-11-6-7-13-49(38)61)51(68-5)30-44(46)54(65)60-22-20-39-25-41(18-19-48(39)60)58(2)21-10-24-70-43(35-63)28-53(64)59(3)33-36-14-16-37(34-62)17-15-36;1-2/h6-7,11,13,18-19,25,27,29-32,34-37,42-43H,1,8-10,12,14-17,20-24,26,28,33H2,2-5H3;1-2H3. The number of methoxy groups -OCH3 is 2. The summed E-state index contributed by atoms with van der Waals surface area (Å²) in [6.45, 7) is 10.1. The number of anilines is 3. The number of amides is 3. The van der Waals surface area contributed by atoms with Crippen molar-refractivity contribution in [3.8, 4) is 17.2 Å². The summed E-state index contributed by atoms with van der Waals surface area (Å²) in [7, 11) is 7.02. The Bertz CT molecular complexity index is 2630. The Morgan fingerprint density at radius 2 is 1.69 bits per heavy atom. The summed E-state index contributed by atoms with van der Waals surface area (Å²) in [5.74, 6) is 2.53. The molecule has 72 heavy (non-hydrogen) atoms.